The van der Waals surface area contributed by atoms with Gasteiger partial charge in [0.2, 0.25) is 0 Å². The maximum Gasteiger partial charge on any atom is 0.134 e. The van der Waals surface area contributed by atoms with Crippen molar-refractivity contribution >= 4 is 15.9 Å². The molecule has 0 radical (unpaired) electrons. The summed E-state index contributed by atoms with van der Waals surface area (Å²) in [5, 5.41) is 9.69. The summed E-state index contributed by atoms with van der Waals surface area (Å²) in [5.41, 5.74) is 1.98. The number of pyridine rings is 1. The van der Waals surface area contributed by atoms with Crippen LogP contribution in [0.3, 0.4) is 0 Å². The number of alkyl halides is 1. The van der Waals surface area contributed by atoms with Crippen molar-refractivity contribution < 1.29 is 5.11 Å². The Morgan fingerprint density at radius 2 is 2.40 bits per heavy atom. The van der Waals surface area contributed by atoms with Crippen molar-refractivity contribution in [1.82, 2.24) is 4.98 Å². The van der Waals surface area contributed by atoms with E-state index in [4.69, 9.17) is 5.11 Å². The van der Waals surface area contributed by atoms with Crippen LogP contribution in [-0.4, -0.2) is 10.1 Å². The normalized spacial score (nSPS) is 9.80. The van der Waals surface area contributed by atoms with E-state index in [1.807, 2.05) is 6.92 Å². The van der Waals surface area contributed by atoms with Gasteiger partial charge in [-0.15, -0.1) is 0 Å². The number of aryl methyl sites for hydroxylation is 1. The Morgan fingerprint density at radius 3 is 2.90 bits per heavy atom. The molecule has 0 fully saturated rings. The highest BCUT2D eigenvalue weighted by Gasteiger charge is 1.97. The van der Waals surface area contributed by atoms with Crippen LogP contribution in [0.5, 0.6) is 5.75 Å². The third-order valence-corrected chi connectivity index (χ3v) is 1.83. The molecule has 0 amide bonds. The molecule has 0 aromatic carbocycles. The van der Waals surface area contributed by atoms with Crippen molar-refractivity contribution in [2.24, 2.45) is 0 Å². The first-order valence-corrected chi connectivity index (χ1v) is 4.06. The van der Waals surface area contributed by atoms with E-state index in [1.165, 1.54) is 6.20 Å². The molecule has 0 aliphatic carbocycles. The first kappa shape index (κ1) is 7.54. The fraction of sp³-hybridized carbons (Fsp3) is 0.286. The first-order valence-electron chi connectivity index (χ1n) is 2.94. The molecule has 0 saturated carbocycles. The SMILES string of the molecule is Cc1cc(O)cnc1CBr. The largest absolute Gasteiger partial charge is 0.506 e. The maximum absolute atomic E-state index is 8.96. The standard InChI is InChI=1S/C7H8BrNO/c1-5-2-6(10)4-9-7(5)3-8/h2,4,10H,3H2,1H3. The van der Waals surface area contributed by atoms with E-state index in [-0.39, 0.29) is 5.75 Å². The molecule has 1 aromatic heterocycles. The summed E-state index contributed by atoms with van der Waals surface area (Å²) in [6.07, 6.45) is 1.45. The Kier molecular flexibility index (Phi) is 2.27. The minimum absolute atomic E-state index is 0.224. The molecule has 10 heavy (non-hydrogen) atoms. The zero-order valence-corrected chi connectivity index (χ0v) is 7.22. The highest BCUT2D eigenvalue weighted by Crippen LogP contribution is 2.14. The van der Waals surface area contributed by atoms with Gasteiger partial charge in [-0.3, -0.25) is 4.98 Å². The molecule has 1 N–H and O–H groups in total. The van der Waals surface area contributed by atoms with Crippen LogP contribution in [0.25, 0.3) is 0 Å². The molecule has 3 heteroatoms. The van der Waals surface area contributed by atoms with Gasteiger partial charge in [-0.05, 0) is 18.6 Å². The second-order valence-corrected chi connectivity index (χ2v) is 2.65. The highest BCUT2D eigenvalue weighted by atomic mass is 79.9. The van der Waals surface area contributed by atoms with E-state index in [2.05, 4.69) is 20.9 Å². The van der Waals surface area contributed by atoms with Crippen LogP contribution >= 0.6 is 15.9 Å². The maximum atomic E-state index is 8.96. The summed E-state index contributed by atoms with van der Waals surface area (Å²) in [6, 6.07) is 1.70. The second-order valence-electron chi connectivity index (χ2n) is 2.09. The molecule has 0 unspecified atom stereocenters. The van der Waals surface area contributed by atoms with Gasteiger partial charge < -0.3 is 5.11 Å². The average molecular weight is 202 g/mol. The van der Waals surface area contributed by atoms with Crippen molar-refractivity contribution in [3.63, 3.8) is 0 Å². The van der Waals surface area contributed by atoms with E-state index in [0.717, 1.165) is 16.6 Å². The van der Waals surface area contributed by atoms with Crippen LogP contribution in [0.2, 0.25) is 0 Å². The van der Waals surface area contributed by atoms with Crippen LogP contribution in [0.15, 0.2) is 12.3 Å². The topological polar surface area (TPSA) is 33.1 Å². The molecular weight excluding hydrogens is 194 g/mol. The molecule has 0 aliphatic heterocycles. The Labute approximate surface area is 68.0 Å². The lowest BCUT2D eigenvalue weighted by atomic mass is 10.2. The van der Waals surface area contributed by atoms with Gasteiger partial charge in [-0.2, -0.15) is 0 Å². The number of hydrogen-bond donors (Lipinski definition) is 1. The molecule has 0 aliphatic rings. The fourth-order valence-electron chi connectivity index (χ4n) is 0.728. The van der Waals surface area contributed by atoms with Gasteiger partial charge in [-0.25, -0.2) is 0 Å². The van der Waals surface area contributed by atoms with E-state index >= 15 is 0 Å². The van der Waals surface area contributed by atoms with E-state index < -0.39 is 0 Å². The summed E-state index contributed by atoms with van der Waals surface area (Å²) >= 11 is 3.29. The van der Waals surface area contributed by atoms with Gasteiger partial charge in [0.25, 0.3) is 0 Å². The molecule has 1 aromatic rings. The number of rotatable bonds is 1. The third kappa shape index (κ3) is 1.48. The van der Waals surface area contributed by atoms with Crippen molar-refractivity contribution in [3.05, 3.63) is 23.5 Å². The number of halogens is 1. The van der Waals surface area contributed by atoms with Crippen LogP contribution in [0.1, 0.15) is 11.3 Å². The number of hydrogen-bond acceptors (Lipinski definition) is 2. The highest BCUT2D eigenvalue weighted by molar-refractivity contribution is 9.08. The van der Waals surface area contributed by atoms with Crippen molar-refractivity contribution in [3.8, 4) is 5.75 Å². The first-order chi connectivity index (χ1) is 4.74. The van der Waals surface area contributed by atoms with Crippen LogP contribution in [0, 0.1) is 6.92 Å². The molecule has 54 valence electrons. The van der Waals surface area contributed by atoms with Crippen LogP contribution < -0.4 is 0 Å². The summed E-state index contributed by atoms with van der Waals surface area (Å²) in [7, 11) is 0. The predicted octanol–water partition coefficient (Wildman–Crippen LogP) is 1.99. The summed E-state index contributed by atoms with van der Waals surface area (Å²) < 4.78 is 0. The van der Waals surface area contributed by atoms with Crippen molar-refractivity contribution in [1.29, 1.82) is 0 Å². The minimum Gasteiger partial charge on any atom is -0.506 e. The Morgan fingerprint density at radius 1 is 1.70 bits per heavy atom. The smallest absolute Gasteiger partial charge is 0.134 e. The van der Waals surface area contributed by atoms with E-state index in [1.54, 1.807) is 6.07 Å². The van der Waals surface area contributed by atoms with E-state index in [0.29, 0.717) is 0 Å². The zero-order valence-electron chi connectivity index (χ0n) is 5.63. The molecule has 0 saturated heterocycles. The number of aromatic nitrogens is 1. The summed E-state index contributed by atoms with van der Waals surface area (Å²) in [4.78, 5) is 4.00. The quantitative estimate of drug-likeness (QED) is 0.706. The van der Waals surface area contributed by atoms with Gasteiger partial charge in [0.1, 0.15) is 5.75 Å². The van der Waals surface area contributed by atoms with Crippen LogP contribution in [0.4, 0.5) is 0 Å². The van der Waals surface area contributed by atoms with Gasteiger partial charge in [0, 0.05) is 5.33 Å². The molecule has 0 spiro atoms. The zero-order chi connectivity index (χ0) is 7.56. The monoisotopic (exact) mass is 201 g/mol. The van der Waals surface area contributed by atoms with Gasteiger partial charge in [0.15, 0.2) is 0 Å². The average Bonchev–Trinajstić information content (AvgIpc) is 1.88. The molecule has 2 nitrogen and oxygen atoms in total. The van der Waals surface area contributed by atoms with Crippen molar-refractivity contribution in [2.75, 3.05) is 0 Å². The fourth-order valence-corrected chi connectivity index (χ4v) is 1.32. The summed E-state index contributed by atoms with van der Waals surface area (Å²) in [6.45, 7) is 1.92. The van der Waals surface area contributed by atoms with Crippen LogP contribution in [-0.2, 0) is 5.33 Å². The van der Waals surface area contributed by atoms with Gasteiger partial charge in [-0.1, -0.05) is 15.9 Å². The third-order valence-electron chi connectivity index (χ3n) is 1.30. The Bertz CT molecular complexity index is 237. The molecular formula is C7H8BrNO. The molecule has 1 heterocycles. The number of nitrogens with zero attached hydrogens (tertiary/aromatic N) is 1. The van der Waals surface area contributed by atoms with E-state index in [9.17, 15) is 0 Å². The van der Waals surface area contributed by atoms with Gasteiger partial charge >= 0.3 is 0 Å². The van der Waals surface area contributed by atoms with Gasteiger partial charge in [0.05, 0.1) is 11.9 Å². The lowest BCUT2D eigenvalue weighted by molar-refractivity contribution is 0.471. The minimum atomic E-state index is 0.224. The lowest BCUT2D eigenvalue weighted by Crippen LogP contribution is -1.87. The molecule has 1 rings (SSSR count). The Balaban J connectivity index is 3.07. The Hall–Kier alpha value is -0.570. The summed E-state index contributed by atoms with van der Waals surface area (Å²) in [5.74, 6) is 0.224. The predicted molar refractivity (Wildman–Crippen MR) is 43.3 cm³/mol. The molecule has 0 bridgehead atoms. The molecule has 0 atom stereocenters. The number of aromatic hydroxyl groups is 1. The second kappa shape index (κ2) is 3.01. The van der Waals surface area contributed by atoms with Crippen molar-refractivity contribution in [2.45, 2.75) is 12.3 Å². The lowest BCUT2D eigenvalue weighted by Gasteiger charge is -1.99.